The molecule has 0 radical (unpaired) electrons. The average Bonchev–Trinajstić information content (AvgIpc) is 2.83. The third-order valence-electron chi connectivity index (χ3n) is 3.17. The van der Waals surface area contributed by atoms with Gasteiger partial charge in [0.25, 0.3) is 0 Å². The summed E-state index contributed by atoms with van der Waals surface area (Å²) in [7, 11) is 3.30. The van der Waals surface area contributed by atoms with Crippen molar-refractivity contribution < 1.29 is 39.0 Å². The van der Waals surface area contributed by atoms with Crippen LogP contribution >= 0.6 is 0 Å². The van der Waals surface area contributed by atoms with E-state index in [0.717, 1.165) is 0 Å². The maximum absolute atomic E-state index is 4.99. The van der Waals surface area contributed by atoms with Gasteiger partial charge in [0.05, 0.1) is 35.3 Å². The standard InChI is InChI=1S/C16H28N14S4.2Zn/c1-9(21-27-13(31)17-5)11(3)23-29-15(33)25-19-7-8-20-26-16(34)30-24-12(4)10(2)22-28-14(32)18-6;;/h7-8H,1-6H3,(H2,17,27,31)(H2,18,28,32)(H2,25,29,33)(H2,26,30,34);;/q;2*+2/p-4/b19-7+,20-8+,21-9?,22-10?,23-11?,24-12?;;. The van der Waals surface area contributed by atoms with Crippen molar-refractivity contribution in [2.24, 2.45) is 51.0 Å². The van der Waals surface area contributed by atoms with E-state index >= 15 is 0 Å². The molecule has 0 rings (SSSR count). The molecule has 0 unspecified atom stereocenters. The Morgan fingerprint density at radius 2 is 0.722 bits per heavy atom. The molecule has 0 heterocycles. The van der Waals surface area contributed by atoms with Crippen molar-refractivity contribution >= 4 is 106 Å². The number of hydrazone groups is 2. The Morgan fingerprint density at radius 1 is 0.472 bits per heavy atom. The van der Waals surface area contributed by atoms with Gasteiger partial charge in [-0.1, -0.05) is 0 Å². The first-order chi connectivity index (χ1) is 16.1. The van der Waals surface area contributed by atoms with Gasteiger partial charge in [-0.15, -0.1) is 0 Å². The molecular formula is C16H24N14S4Zn2. The minimum absolute atomic E-state index is 0. The van der Waals surface area contributed by atoms with Gasteiger partial charge in [-0.05, 0) is 38.0 Å². The summed E-state index contributed by atoms with van der Waals surface area (Å²) in [6.07, 6.45) is 2.63. The third kappa shape index (κ3) is 20.2. The Hall–Kier alpha value is -1.97. The van der Waals surface area contributed by atoms with E-state index in [1.807, 2.05) is 0 Å². The molecule has 0 fully saturated rings. The molecule has 20 heteroatoms. The minimum atomic E-state index is 0. The molecule has 0 amide bonds. The summed E-state index contributed by atoms with van der Waals surface area (Å²) < 4.78 is 0. The number of nitrogens with one attached hydrogen (secondary N) is 4. The van der Waals surface area contributed by atoms with Gasteiger partial charge in [0.2, 0.25) is 0 Å². The van der Waals surface area contributed by atoms with Gasteiger partial charge in [-0.2, -0.15) is 51.0 Å². The van der Waals surface area contributed by atoms with Crippen molar-refractivity contribution in [1.29, 1.82) is 0 Å². The second kappa shape index (κ2) is 23.4. The average molecular weight is 672 g/mol. The second-order valence-corrected chi connectivity index (χ2v) is 7.19. The smallest absolute Gasteiger partial charge is 0.741 e. The molecule has 0 saturated carbocycles. The first-order valence-electron chi connectivity index (χ1n) is 9.20. The van der Waals surface area contributed by atoms with Crippen LogP contribution in [-0.4, -0.2) is 70.0 Å². The van der Waals surface area contributed by atoms with Gasteiger partial charge in [-0.3, -0.25) is 10.9 Å². The molecule has 0 bridgehead atoms. The van der Waals surface area contributed by atoms with Crippen molar-refractivity contribution in [2.45, 2.75) is 27.7 Å². The van der Waals surface area contributed by atoms with Crippen LogP contribution < -0.4 is 21.5 Å². The monoisotopic (exact) mass is 668 g/mol. The number of nitrogens with zero attached hydrogens (tertiary/aromatic N) is 10. The van der Waals surface area contributed by atoms with E-state index in [1.165, 1.54) is 12.4 Å². The first-order valence-corrected chi connectivity index (χ1v) is 10.8. The molecule has 0 spiro atoms. The summed E-state index contributed by atoms with van der Waals surface area (Å²) in [6, 6.07) is 0. The Kier molecular flexibility index (Phi) is 25.1. The Balaban J connectivity index is -0.00000544. The summed E-state index contributed by atoms with van der Waals surface area (Å²) >= 11 is 19.7. The SMILES string of the molecule is CNC([S-])=NN=C(C)C(C)=NN=C([S-])N/N=C/C=N/NC([S-])=NN=C(C)C(C)=NN=C([S-])NC.[Zn+2].[Zn+2]. The zero-order valence-electron chi connectivity index (χ0n) is 20.7. The summed E-state index contributed by atoms with van der Waals surface area (Å²) in [5.74, 6) is 0. The van der Waals surface area contributed by atoms with Gasteiger partial charge in [0, 0.05) is 24.4 Å². The van der Waals surface area contributed by atoms with E-state index in [-0.39, 0.29) is 59.6 Å². The first kappa shape index (κ1) is 38.6. The molecule has 0 aliphatic rings. The predicted octanol–water partition coefficient (Wildman–Crippen LogP) is -0.314. The van der Waals surface area contributed by atoms with E-state index in [1.54, 1.807) is 41.8 Å². The molecule has 0 aliphatic heterocycles. The number of rotatable bonds is 9. The fourth-order valence-corrected chi connectivity index (χ4v) is 1.44. The van der Waals surface area contributed by atoms with Crippen LogP contribution in [0.5, 0.6) is 0 Å². The van der Waals surface area contributed by atoms with Crippen LogP contribution in [0, 0.1) is 0 Å². The van der Waals surface area contributed by atoms with Gasteiger partial charge in [-0.25, -0.2) is 0 Å². The van der Waals surface area contributed by atoms with Crippen molar-refractivity contribution in [3.8, 4) is 0 Å². The molecule has 4 N–H and O–H groups in total. The van der Waals surface area contributed by atoms with E-state index in [2.05, 4.69) is 72.5 Å². The number of amidine groups is 4. The molecule has 14 nitrogen and oxygen atoms in total. The molecule has 0 aliphatic carbocycles. The molecule has 0 aromatic heterocycles. The fourth-order valence-electron chi connectivity index (χ4n) is 1.17. The fraction of sp³-hybridized carbons (Fsp3) is 0.375. The summed E-state index contributed by atoms with van der Waals surface area (Å²) in [5.41, 5.74) is 7.08. The largest absolute Gasteiger partial charge is 2.00 e. The van der Waals surface area contributed by atoms with E-state index in [4.69, 9.17) is 50.5 Å². The van der Waals surface area contributed by atoms with Crippen LogP contribution in [0.4, 0.5) is 0 Å². The van der Waals surface area contributed by atoms with Crippen molar-refractivity contribution in [3.63, 3.8) is 0 Å². The molecule has 0 aromatic rings. The van der Waals surface area contributed by atoms with Crippen LogP contribution in [0.3, 0.4) is 0 Å². The van der Waals surface area contributed by atoms with Crippen LogP contribution in [0.15, 0.2) is 51.0 Å². The maximum atomic E-state index is 4.99. The van der Waals surface area contributed by atoms with E-state index in [0.29, 0.717) is 22.8 Å². The zero-order valence-corrected chi connectivity index (χ0v) is 29.9. The van der Waals surface area contributed by atoms with Gasteiger partial charge >= 0.3 is 39.0 Å². The molecule has 36 heavy (non-hydrogen) atoms. The van der Waals surface area contributed by atoms with Crippen molar-refractivity contribution in [2.75, 3.05) is 14.1 Å². The quantitative estimate of drug-likeness (QED) is 0.0850. The second-order valence-electron chi connectivity index (χ2n) is 5.64. The van der Waals surface area contributed by atoms with Gasteiger partial charge in [0.1, 0.15) is 0 Å². The zero-order chi connectivity index (χ0) is 25.9. The normalized spacial score (nSPS) is 14.9. The summed E-state index contributed by atoms with van der Waals surface area (Å²) in [4.78, 5) is 0. The maximum Gasteiger partial charge on any atom is 2.00 e. The Labute approximate surface area is 258 Å². The minimum Gasteiger partial charge on any atom is -0.741 e. The molecule has 0 aromatic carbocycles. The van der Waals surface area contributed by atoms with Crippen LogP contribution in [0.2, 0.25) is 0 Å². The predicted molar refractivity (Wildman–Crippen MR) is 153 cm³/mol. The van der Waals surface area contributed by atoms with E-state index in [9.17, 15) is 0 Å². The number of hydrogen-bond acceptors (Lipinski definition) is 14. The molecule has 186 valence electrons. The summed E-state index contributed by atoms with van der Waals surface area (Å²) in [6.45, 7) is 6.83. The Bertz CT molecular complexity index is 905. The van der Waals surface area contributed by atoms with Gasteiger partial charge in [0.15, 0.2) is 0 Å². The molecule has 0 atom stereocenters. The van der Waals surface area contributed by atoms with E-state index < -0.39 is 0 Å². The number of hydrogen-bond donors (Lipinski definition) is 4. The van der Waals surface area contributed by atoms with Crippen molar-refractivity contribution in [1.82, 2.24) is 21.5 Å². The van der Waals surface area contributed by atoms with Crippen molar-refractivity contribution in [3.05, 3.63) is 0 Å². The van der Waals surface area contributed by atoms with Crippen LogP contribution in [0.1, 0.15) is 27.7 Å². The topological polar surface area (TPSA) is 172 Å². The summed E-state index contributed by atoms with van der Waals surface area (Å²) in [5, 5.41) is 44.4. The van der Waals surface area contributed by atoms with Crippen LogP contribution in [0.25, 0.3) is 0 Å². The third-order valence-corrected chi connectivity index (χ3v) is 4.09. The molecular weight excluding hydrogens is 647 g/mol. The van der Waals surface area contributed by atoms with Gasteiger partial charge < -0.3 is 61.1 Å². The Morgan fingerprint density at radius 3 is 0.972 bits per heavy atom. The van der Waals surface area contributed by atoms with Crippen LogP contribution in [-0.2, 0) is 89.5 Å². The molecule has 0 saturated heterocycles.